The average molecular weight is 341 g/mol. The van der Waals surface area contributed by atoms with Gasteiger partial charge in [0.25, 0.3) is 11.6 Å². The number of hydrazone groups is 1. The second kappa shape index (κ2) is 8.58. The van der Waals surface area contributed by atoms with Crippen LogP contribution in [0.25, 0.3) is 0 Å². The summed E-state index contributed by atoms with van der Waals surface area (Å²) in [6, 6.07) is 12.6. The number of rotatable bonds is 7. The first-order valence-electron chi connectivity index (χ1n) is 7.76. The van der Waals surface area contributed by atoms with Crippen molar-refractivity contribution in [2.75, 3.05) is 6.61 Å². The maximum Gasteiger partial charge on any atom is 0.271 e. The third-order valence-corrected chi connectivity index (χ3v) is 3.18. The number of non-ortho nitro benzene ring substituents is 1. The van der Waals surface area contributed by atoms with Crippen LogP contribution < -0.4 is 10.2 Å². The van der Waals surface area contributed by atoms with E-state index in [1.165, 1.54) is 18.3 Å². The quantitative estimate of drug-likeness (QED) is 0.474. The van der Waals surface area contributed by atoms with E-state index in [0.29, 0.717) is 29.4 Å². The molecule has 0 aliphatic carbocycles. The van der Waals surface area contributed by atoms with Crippen LogP contribution in [0.1, 0.15) is 29.8 Å². The lowest BCUT2D eigenvalue weighted by molar-refractivity contribution is -0.384. The summed E-state index contributed by atoms with van der Waals surface area (Å²) >= 11 is 0. The Labute approximate surface area is 145 Å². The first-order chi connectivity index (χ1) is 12.0. The molecule has 0 aromatic heterocycles. The Morgan fingerprint density at radius 1 is 1.20 bits per heavy atom. The highest BCUT2D eigenvalue weighted by Crippen LogP contribution is 2.13. The van der Waals surface area contributed by atoms with Gasteiger partial charge in [-0.2, -0.15) is 5.10 Å². The van der Waals surface area contributed by atoms with Crippen molar-refractivity contribution in [1.29, 1.82) is 0 Å². The molecule has 0 fully saturated rings. The fraction of sp³-hybridized carbons (Fsp3) is 0.222. The highest BCUT2D eigenvalue weighted by molar-refractivity contribution is 5.95. The summed E-state index contributed by atoms with van der Waals surface area (Å²) in [5.74, 6) is 0.782. The normalized spacial score (nSPS) is 10.8. The predicted octanol–water partition coefficient (Wildman–Crippen LogP) is 3.39. The van der Waals surface area contributed by atoms with Crippen molar-refractivity contribution >= 4 is 17.8 Å². The van der Waals surface area contributed by atoms with E-state index in [9.17, 15) is 14.9 Å². The zero-order chi connectivity index (χ0) is 18.2. The van der Waals surface area contributed by atoms with Crippen molar-refractivity contribution in [2.24, 2.45) is 11.0 Å². The summed E-state index contributed by atoms with van der Waals surface area (Å²) in [7, 11) is 0. The summed E-state index contributed by atoms with van der Waals surface area (Å²) < 4.78 is 5.56. The first-order valence-corrected chi connectivity index (χ1v) is 7.76. The summed E-state index contributed by atoms with van der Waals surface area (Å²) in [5.41, 5.74) is 3.51. The minimum atomic E-state index is -0.475. The molecule has 0 radical (unpaired) electrons. The number of carbonyl (C=O) groups excluding carboxylic acids is 1. The highest BCUT2D eigenvalue weighted by atomic mass is 16.6. The summed E-state index contributed by atoms with van der Waals surface area (Å²) in [5, 5.41) is 14.4. The Morgan fingerprint density at radius 3 is 2.40 bits per heavy atom. The number of nitro benzene ring substituents is 1. The van der Waals surface area contributed by atoms with Crippen LogP contribution in [-0.4, -0.2) is 23.7 Å². The van der Waals surface area contributed by atoms with E-state index in [2.05, 4.69) is 24.4 Å². The molecular weight excluding hydrogens is 322 g/mol. The number of nitrogens with one attached hydrogen (secondary N) is 1. The molecule has 0 atom stereocenters. The zero-order valence-electron chi connectivity index (χ0n) is 14.0. The van der Waals surface area contributed by atoms with Gasteiger partial charge in [0, 0.05) is 17.7 Å². The van der Waals surface area contributed by atoms with E-state index in [-0.39, 0.29) is 11.6 Å². The number of nitrogens with zero attached hydrogens (tertiary/aromatic N) is 2. The monoisotopic (exact) mass is 341 g/mol. The van der Waals surface area contributed by atoms with Crippen LogP contribution in [0.3, 0.4) is 0 Å². The van der Waals surface area contributed by atoms with Gasteiger partial charge in [0.1, 0.15) is 5.75 Å². The Kier molecular flexibility index (Phi) is 6.22. The molecule has 2 rings (SSSR count). The van der Waals surface area contributed by atoms with E-state index in [1.54, 1.807) is 36.4 Å². The van der Waals surface area contributed by atoms with Gasteiger partial charge in [0.15, 0.2) is 0 Å². The second-order valence-electron chi connectivity index (χ2n) is 5.78. The van der Waals surface area contributed by atoms with Gasteiger partial charge < -0.3 is 4.74 Å². The number of benzene rings is 2. The van der Waals surface area contributed by atoms with Crippen LogP contribution in [0.5, 0.6) is 5.75 Å². The van der Waals surface area contributed by atoms with Crippen molar-refractivity contribution in [3.8, 4) is 5.75 Å². The Hall–Kier alpha value is -3.22. The topological polar surface area (TPSA) is 93.8 Å². The van der Waals surface area contributed by atoms with Crippen LogP contribution in [0.15, 0.2) is 53.6 Å². The molecule has 0 bridgehead atoms. The minimum absolute atomic E-state index is 0.000890. The fourth-order valence-corrected chi connectivity index (χ4v) is 1.88. The molecule has 2 aromatic carbocycles. The molecule has 0 saturated carbocycles. The van der Waals surface area contributed by atoms with Crippen molar-refractivity contribution in [3.63, 3.8) is 0 Å². The molecule has 2 aromatic rings. The van der Waals surface area contributed by atoms with Crippen molar-refractivity contribution < 1.29 is 14.5 Å². The number of nitro groups is 1. The van der Waals surface area contributed by atoms with Gasteiger partial charge in [-0.15, -0.1) is 0 Å². The van der Waals surface area contributed by atoms with Crippen LogP contribution in [-0.2, 0) is 0 Å². The number of hydrogen-bond acceptors (Lipinski definition) is 5. The molecule has 0 unspecified atom stereocenters. The van der Waals surface area contributed by atoms with Gasteiger partial charge in [0.05, 0.1) is 17.7 Å². The summed E-state index contributed by atoms with van der Waals surface area (Å²) in [6.07, 6.45) is 1.42. The molecule has 0 aliphatic rings. The maximum atomic E-state index is 12.0. The lowest BCUT2D eigenvalue weighted by atomic mass is 10.2. The van der Waals surface area contributed by atoms with Gasteiger partial charge in [-0.25, -0.2) is 5.43 Å². The molecule has 25 heavy (non-hydrogen) atoms. The number of hydrogen-bond donors (Lipinski definition) is 1. The Balaban J connectivity index is 1.89. The fourth-order valence-electron chi connectivity index (χ4n) is 1.88. The smallest absolute Gasteiger partial charge is 0.271 e. The van der Waals surface area contributed by atoms with Gasteiger partial charge in [-0.05, 0) is 47.9 Å². The van der Waals surface area contributed by atoms with Crippen molar-refractivity contribution in [1.82, 2.24) is 5.43 Å². The maximum absolute atomic E-state index is 12.0. The number of amides is 1. The van der Waals surface area contributed by atoms with Crippen LogP contribution in [0.2, 0.25) is 0 Å². The van der Waals surface area contributed by atoms with E-state index >= 15 is 0 Å². The van der Waals surface area contributed by atoms with Gasteiger partial charge in [0.2, 0.25) is 0 Å². The van der Waals surface area contributed by atoms with Crippen molar-refractivity contribution in [3.05, 3.63) is 69.8 Å². The third kappa shape index (κ3) is 5.72. The lowest BCUT2D eigenvalue weighted by Crippen LogP contribution is -2.17. The molecule has 7 nitrogen and oxygen atoms in total. The molecule has 1 amide bonds. The molecule has 7 heteroatoms. The molecule has 0 aliphatic heterocycles. The standard InChI is InChI=1S/C18H19N3O4/c1-13(2)12-25-17-9-5-15(6-10-17)18(22)20-19-11-14-3-7-16(8-4-14)21(23)24/h3-11,13H,12H2,1-2H3,(H,20,22)/b19-11-. The SMILES string of the molecule is CC(C)COc1ccc(C(=O)N/N=C\c2ccc([N+](=O)[O-])cc2)cc1. The molecule has 130 valence electrons. The zero-order valence-corrected chi connectivity index (χ0v) is 14.0. The molecule has 0 heterocycles. The van der Waals surface area contributed by atoms with E-state index < -0.39 is 4.92 Å². The summed E-state index contributed by atoms with van der Waals surface area (Å²) in [4.78, 5) is 22.1. The summed E-state index contributed by atoms with van der Waals surface area (Å²) in [6.45, 7) is 4.74. The highest BCUT2D eigenvalue weighted by Gasteiger charge is 2.05. The predicted molar refractivity (Wildman–Crippen MR) is 94.9 cm³/mol. The Bertz CT molecular complexity index is 753. The minimum Gasteiger partial charge on any atom is -0.493 e. The van der Waals surface area contributed by atoms with Gasteiger partial charge in [-0.1, -0.05) is 13.8 Å². The Morgan fingerprint density at radius 2 is 1.84 bits per heavy atom. The second-order valence-corrected chi connectivity index (χ2v) is 5.78. The van der Waals surface area contributed by atoms with Crippen molar-refractivity contribution in [2.45, 2.75) is 13.8 Å². The van der Waals surface area contributed by atoms with Gasteiger partial charge >= 0.3 is 0 Å². The number of ether oxygens (including phenoxy) is 1. The van der Waals surface area contributed by atoms with Crippen LogP contribution in [0, 0.1) is 16.0 Å². The van der Waals surface area contributed by atoms with E-state index in [0.717, 1.165) is 0 Å². The molecule has 0 spiro atoms. The molecule has 1 N–H and O–H groups in total. The van der Waals surface area contributed by atoms with Gasteiger partial charge in [-0.3, -0.25) is 14.9 Å². The van der Waals surface area contributed by atoms with E-state index in [4.69, 9.17) is 4.74 Å². The molecular formula is C18H19N3O4. The lowest BCUT2D eigenvalue weighted by Gasteiger charge is -2.08. The van der Waals surface area contributed by atoms with Crippen LogP contribution >= 0.6 is 0 Å². The van der Waals surface area contributed by atoms with E-state index in [1.807, 2.05) is 0 Å². The first kappa shape index (κ1) is 18.1. The third-order valence-electron chi connectivity index (χ3n) is 3.18. The van der Waals surface area contributed by atoms with Crippen LogP contribution in [0.4, 0.5) is 5.69 Å². The molecule has 0 saturated heterocycles. The largest absolute Gasteiger partial charge is 0.493 e. The average Bonchev–Trinajstić information content (AvgIpc) is 2.60. The number of carbonyl (C=O) groups is 1.